The number of likely N-dealkylation sites (tertiary alicyclic amines) is 1. The van der Waals surface area contributed by atoms with Crippen LogP contribution in [0.2, 0.25) is 0 Å². The molecule has 104 valence electrons. The van der Waals surface area contributed by atoms with Gasteiger partial charge in [0.15, 0.2) is 0 Å². The molecule has 1 heterocycles. The molecule has 18 heavy (non-hydrogen) atoms. The zero-order valence-corrected chi connectivity index (χ0v) is 12.0. The monoisotopic (exact) mass is 252 g/mol. The van der Waals surface area contributed by atoms with Crippen molar-refractivity contribution in [3.63, 3.8) is 0 Å². The zero-order chi connectivity index (χ0) is 13.0. The van der Waals surface area contributed by atoms with Gasteiger partial charge in [-0.2, -0.15) is 0 Å². The van der Waals surface area contributed by atoms with Gasteiger partial charge >= 0.3 is 0 Å². The van der Waals surface area contributed by atoms with Crippen LogP contribution in [-0.2, 0) is 4.79 Å². The van der Waals surface area contributed by atoms with Crippen molar-refractivity contribution < 1.29 is 4.79 Å². The van der Waals surface area contributed by atoms with Crippen molar-refractivity contribution in [3.05, 3.63) is 0 Å². The number of hydrogen-bond acceptors (Lipinski definition) is 3. The molecule has 1 saturated carbocycles. The summed E-state index contributed by atoms with van der Waals surface area (Å²) in [5, 5.41) is 0. The topological polar surface area (TPSA) is 23.6 Å². The van der Waals surface area contributed by atoms with Crippen molar-refractivity contribution in [3.8, 4) is 0 Å². The first-order valence-corrected chi connectivity index (χ1v) is 7.50. The van der Waals surface area contributed by atoms with E-state index in [0.717, 1.165) is 25.9 Å². The summed E-state index contributed by atoms with van der Waals surface area (Å²) in [7, 11) is 4.32. The Morgan fingerprint density at radius 2 is 1.89 bits per heavy atom. The molecule has 3 heteroatoms. The van der Waals surface area contributed by atoms with Crippen LogP contribution in [0.5, 0.6) is 0 Å². The Morgan fingerprint density at radius 1 is 1.22 bits per heavy atom. The third-order valence-corrected chi connectivity index (χ3v) is 4.87. The molecular formula is C15H28N2O. The van der Waals surface area contributed by atoms with Gasteiger partial charge < -0.3 is 14.6 Å². The molecule has 2 aliphatic rings. The first kappa shape index (κ1) is 14.0. The molecule has 2 rings (SSSR count). The quantitative estimate of drug-likeness (QED) is 0.566. The molecule has 2 fully saturated rings. The van der Waals surface area contributed by atoms with Gasteiger partial charge in [-0.15, -0.1) is 0 Å². The van der Waals surface area contributed by atoms with Gasteiger partial charge in [-0.05, 0) is 39.9 Å². The fourth-order valence-electron chi connectivity index (χ4n) is 3.57. The largest absolute Gasteiger partial charge is 0.305 e. The lowest BCUT2D eigenvalue weighted by Crippen LogP contribution is -2.39. The number of likely N-dealkylation sites (N-methyl/N-ethyl adjacent to an activating group) is 1. The molecule has 0 spiro atoms. The summed E-state index contributed by atoms with van der Waals surface area (Å²) >= 11 is 0. The van der Waals surface area contributed by atoms with Crippen LogP contribution in [0.15, 0.2) is 0 Å². The third kappa shape index (κ3) is 3.33. The molecule has 1 atom stereocenters. The van der Waals surface area contributed by atoms with Gasteiger partial charge in [-0.1, -0.05) is 25.7 Å². The van der Waals surface area contributed by atoms with Crippen LogP contribution in [0.3, 0.4) is 0 Å². The molecule has 0 radical (unpaired) electrons. The van der Waals surface area contributed by atoms with E-state index in [4.69, 9.17) is 0 Å². The van der Waals surface area contributed by atoms with Crippen molar-refractivity contribution in [2.45, 2.75) is 51.0 Å². The minimum absolute atomic E-state index is 0.0301. The maximum Gasteiger partial charge on any atom is 0.127 e. The van der Waals surface area contributed by atoms with Crippen LogP contribution >= 0.6 is 0 Å². The lowest BCUT2D eigenvalue weighted by atomic mass is 9.81. The summed E-state index contributed by atoms with van der Waals surface area (Å²) in [6.07, 6.45) is 9.86. The number of nitrogens with zero attached hydrogens (tertiary/aromatic N) is 2. The van der Waals surface area contributed by atoms with Crippen LogP contribution in [0, 0.1) is 5.41 Å². The number of carbonyl (C=O) groups is 1. The molecule has 1 saturated heterocycles. The van der Waals surface area contributed by atoms with E-state index in [1.165, 1.54) is 44.9 Å². The minimum Gasteiger partial charge on any atom is -0.305 e. The van der Waals surface area contributed by atoms with E-state index < -0.39 is 0 Å². The van der Waals surface area contributed by atoms with Gasteiger partial charge in [0.05, 0.1) is 0 Å². The Kier molecular flexibility index (Phi) is 4.79. The van der Waals surface area contributed by atoms with Crippen molar-refractivity contribution in [1.82, 2.24) is 9.80 Å². The maximum absolute atomic E-state index is 11.6. The number of rotatable bonds is 4. The van der Waals surface area contributed by atoms with Gasteiger partial charge in [0, 0.05) is 24.5 Å². The minimum atomic E-state index is -0.0301. The van der Waals surface area contributed by atoms with E-state index in [9.17, 15) is 4.79 Å². The van der Waals surface area contributed by atoms with Crippen LogP contribution in [0.4, 0.5) is 0 Å². The zero-order valence-electron chi connectivity index (χ0n) is 12.0. The van der Waals surface area contributed by atoms with E-state index in [1.807, 2.05) is 0 Å². The maximum atomic E-state index is 11.6. The van der Waals surface area contributed by atoms with Crippen molar-refractivity contribution in [2.24, 2.45) is 5.41 Å². The standard InChI is InChI=1S/C15H28N2O/c1-16(2)14-7-10-17(11-14)12-15(13-18)8-5-3-4-6-9-15/h13-14H,3-12H2,1-2H3. The normalized spacial score (nSPS) is 29.4. The summed E-state index contributed by atoms with van der Waals surface area (Å²) in [6.45, 7) is 3.31. The Morgan fingerprint density at radius 3 is 2.39 bits per heavy atom. The molecule has 0 aromatic heterocycles. The number of carbonyl (C=O) groups excluding carboxylic acids is 1. The highest BCUT2D eigenvalue weighted by Crippen LogP contribution is 2.35. The summed E-state index contributed by atoms with van der Waals surface area (Å²) in [5.74, 6) is 0. The van der Waals surface area contributed by atoms with E-state index in [-0.39, 0.29) is 5.41 Å². The van der Waals surface area contributed by atoms with Crippen molar-refractivity contribution in [2.75, 3.05) is 33.7 Å². The molecule has 1 unspecified atom stereocenters. The Balaban J connectivity index is 1.92. The third-order valence-electron chi connectivity index (χ3n) is 4.87. The van der Waals surface area contributed by atoms with E-state index in [0.29, 0.717) is 6.04 Å². The molecule has 0 amide bonds. The lowest BCUT2D eigenvalue weighted by molar-refractivity contribution is -0.118. The van der Waals surface area contributed by atoms with Gasteiger partial charge in [-0.3, -0.25) is 0 Å². The average molecular weight is 252 g/mol. The average Bonchev–Trinajstić information content (AvgIpc) is 2.69. The number of hydrogen-bond donors (Lipinski definition) is 0. The Bertz CT molecular complexity index is 270. The summed E-state index contributed by atoms with van der Waals surface area (Å²) < 4.78 is 0. The highest BCUT2D eigenvalue weighted by Gasteiger charge is 2.35. The second-order valence-corrected chi connectivity index (χ2v) is 6.54. The Labute approximate surface area is 112 Å². The lowest BCUT2D eigenvalue weighted by Gasteiger charge is -2.32. The second kappa shape index (κ2) is 6.16. The van der Waals surface area contributed by atoms with Crippen LogP contribution in [0.25, 0.3) is 0 Å². The van der Waals surface area contributed by atoms with Gasteiger partial charge in [0.1, 0.15) is 6.29 Å². The smallest absolute Gasteiger partial charge is 0.127 e. The summed E-state index contributed by atoms with van der Waals surface area (Å²) in [4.78, 5) is 16.4. The van der Waals surface area contributed by atoms with Crippen LogP contribution < -0.4 is 0 Å². The fraction of sp³-hybridized carbons (Fsp3) is 0.933. The predicted molar refractivity (Wildman–Crippen MR) is 74.7 cm³/mol. The predicted octanol–water partition coefficient (Wildman–Crippen LogP) is 2.16. The Hall–Kier alpha value is -0.410. The first-order valence-electron chi connectivity index (χ1n) is 7.50. The molecule has 1 aliphatic heterocycles. The van der Waals surface area contributed by atoms with E-state index in [1.54, 1.807) is 0 Å². The van der Waals surface area contributed by atoms with Crippen molar-refractivity contribution >= 4 is 6.29 Å². The highest BCUT2D eigenvalue weighted by molar-refractivity contribution is 5.59. The van der Waals surface area contributed by atoms with Gasteiger partial charge in [0.25, 0.3) is 0 Å². The molecule has 0 N–H and O–H groups in total. The summed E-state index contributed by atoms with van der Waals surface area (Å²) in [5.41, 5.74) is -0.0301. The number of aldehydes is 1. The van der Waals surface area contributed by atoms with Gasteiger partial charge in [-0.25, -0.2) is 0 Å². The molecule has 1 aliphatic carbocycles. The van der Waals surface area contributed by atoms with E-state index in [2.05, 4.69) is 23.9 Å². The SMILES string of the molecule is CN(C)C1CCN(CC2(C=O)CCCCCC2)C1. The first-order chi connectivity index (χ1) is 8.65. The molecule has 3 nitrogen and oxygen atoms in total. The van der Waals surface area contributed by atoms with E-state index >= 15 is 0 Å². The van der Waals surface area contributed by atoms with Crippen LogP contribution in [-0.4, -0.2) is 55.9 Å². The fourth-order valence-corrected chi connectivity index (χ4v) is 3.57. The highest BCUT2D eigenvalue weighted by atomic mass is 16.1. The second-order valence-electron chi connectivity index (χ2n) is 6.54. The van der Waals surface area contributed by atoms with Gasteiger partial charge in [0.2, 0.25) is 0 Å². The molecule has 0 aromatic carbocycles. The molecular weight excluding hydrogens is 224 g/mol. The summed E-state index contributed by atoms with van der Waals surface area (Å²) in [6, 6.07) is 0.680. The van der Waals surface area contributed by atoms with Crippen LogP contribution in [0.1, 0.15) is 44.9 Å². The molecule has 0 aromatic rings. The molecule has 0 bridgehead atoms. The van der Waals surface area contributed by atoms with Crippen molar-refractivity contribution in [1.29, 1.82) is 0 Å².